The number of primary amides is 1. The molecule has 3 N–H and O–H groups in total. The third-order valence-corrected chi connectivity index (χ3v) is 3.76. The summed E-state index contributed by atoms with van der Waals surface area (Å²) < 4.78 is 0. The summed E-state index contributed by atoms with van der Waals surface area (Å²) in [5, 5.41) is 3.28. The molecule has 0 aliphatic heterocycles. The molecule has 5 nitrogen and oxygen atoms in total. The highest BCUT2D eigenvalue weighted by Crippen LogP contribution is 2.24. The number of hydrogen-bond donors (Lipinski definition) is 2. The van der Waals surface area contributed by atoms with Crippen molar-refractivity contribution in [3.63, 3.8) is 0 Å². The maximum atomic E-state index is 11.3. The number of nitrogens with zero attached hydrogens (tertiary/aromatic N) is 2. The largest absolute Gasteiger partial charge is 0.385 e. The molecule has 1 amide bonds. The maximum Gasteiger partial charge on any atom is 0.231 e. The van der Waals surface area contributed by atoms with E-state index in [0.29, 0.717) is 19.1 Å². The lowest BCUT2D eigenvalue weighted by Gasteiger charge is -2.27. The van der Waals surface area contributed by atoms with Gasteiger partial charge in [0.15, 0.2) is 0 Å². The molecule has 1 aliphatic rings. The number of carbonyl (C=O) groups excluding carboxylic acids is 1. The number of aromatic nitrogens is 1. The highest BCUT2D eigenvalue weighted by Gasteiger charge is 2.24. The van der Waals surface area contributed by atoms with Crippen LogP contribution in [0.1, 0.15) is 38.3 Å². The minimum absolute atomic E-state index is 0.264. The molecule has 20 heavy (non-hydrogen) atoms. The molecule has 1 fully saturated rings. The Morgan fingerprint density at radius 2 is 2.25 bits per heavy atom. The van der Waals surface area contributed by atoms with E-state index in [9.17, 15) is 4.79 Å². The van der Waals surface area contributed by atoms with Crippen molar-refractivity contribution in [2.24, 2.45) is 5.73 Å². The molecule has 2 rings (SSSR count). The zero-order valence-corrected chi connectivity index (χ0v) is 12.1. The summed E-state index contributed by atoms with van der Waals surface area (Å²) in [7, 11) is 0. The van der Waals surface area contributed by atoms with Crippen LogP contribution in [0.4, 0.5) is 5.69 Å². The monoisotopic (exact) mass is 276 g/mol. The molecule has 0 spiro atoms. The topological polar surface area (TPSA) is 71.2 Å². The fraction of sp³-hybridized carbons (Fsp3) is 0.600. The van der Waals surface area contributed by atoms with Crippen LogP contribution < -0.4 is 11.1 Å². The second-order valence-electron chi connectivity index (χ2n) is 5.38. The van der Waals surface area contributed by atoms with Gasteiger partial charge in [-0.05, 0) is 31.9 Å². The predicted octanol–water partition coefficient (Wildman–Crippen LogP) is 1.74. The maximum absolute atomic E-state index is 11.3. The lowest BCUT2D eigenvalue weighted by atomic mass is 10.2. The summed E-state index contributed by atoms with van der Waals surface area (Å²) in [5.41, 5.74) is 7.43. The molecule has 1 aromatic rings. The van der Waals surface area contributed by atoms with Crippen molar-refractivity contribution >= 4 is 11.6 Å². The lowest BCUT2D eigenvalue weighted by Crippen LogP contribution is -2.39. The molecule has 0 aromatic carbocycles. The van der Waals surface area contributed by atoms with Gasteiger partial charge in [-0.25, -0.2) is 0 Å². The normalized spacial score (nSPS) is 15.7. The van der Waals surface area contributed by atoms with Gasteiger partial charge in [-0.1, -0.05) is 12.8 Å². The van der Waals surface area contributed by atoms with E-state index in [1.165, 1.54) is 12.8 Å². The van der Waals surface area contributed by atoms with E-state index in [0.717, 1.165) is 30.8 Å². The Hall–Kier alpha value is -1.62. The molecule has 0 saturated heterocycles. The van der Waals surface area contributed by atoms with Gasteiger partial charge in [0.1, 0.15) is 0 Å². The first-order valence-electron chi connectivity index (χ1n) is 7.40. The third-order valence-electron chi connectivity index (χ3n) is 3.76. The molecule has 5 heteroatoms. The van der Waals surface area contributed by atoms with E-state index < -0.39 is 0 Å². The highest BCUT2D eigenvalue weighted by molar-refractivity contribution is 5.76. The van der Waals surface area contributed by atoms with E-state index in [2.05, 4.69) is 22.1 Å². The fourth-order valence-corrected chi connectivity index (χ4v) is 2.87. The van der Waals surface area contributed by atoms with Crippen molar-refractivity contribution in [3.05, 3.63) is 24.0 Å². The number of nitrogens with one attached hydrogen (secondary N) is 1. The van der Waals surface area contributed by atoms with Crippen LogP contribution in [0.15, 0.2) is 18.3 Å². The van der Waals surface area contributed by atoms with Crippen molar-refractivity contribution in [1.82, 2.24) is 9.88 Å². The summed E-state index contributed by atoms with van der Waals surface area (Å²) in [5.74, 6) is -0.264. The standard InChI is InChI=1S/C15H24N4O/c1-2-17-12-7-8-18-13(9-12)10-19(11-15(16)20)14-5-3-4-6-14/h7-9,14H,2-6,10-11H2,1H3,(H2,16,20)(H,17,18). The molecule has 0 unspecified atom stereocenters. The molecule has 1 aliphatic carbocycles. The summed E-state index contributed by atoms with van der Waals surface area (Å²) in [6, 6.07) is 4.47. The van der Waals surface area contributed by atoms with Crippen LogP contribution in [0.2, 0.25) is 0 Å². The van der Waals surface area contributed by atoms with Gasteiger partial charge in [0, 0.05) is 31.0 Å². The first-order chi connectivity index (χ1) is 9.69. The molecule has 1 saturated carbocycles. The minimum atomic E-state index is -0.264. The first-order valence-corrected chi connectivity index (χ1v) is 7.40. The molecule has 0 atom stereocenters. The van der Waals surface area contributed by atoms with Crippen LogP contribution in [0.3, 0.4) is 0 Å². The van der Waals surface area contributed by atoms with E-state index in [4.69, 9.17) is 5.73 Å². The van der Waals surface area contributed by atoms with E-state index in [1.807, 2.05) is 18.3 Å². The van der Waals surface area contributed by atoms with Crippen LogP contribution in [0.25, 0.3) is 0 Å². The van der Waals surface area contributed by atoms with Gasteiger partial charge in [0.05, 0.1) is 12.2 Å². The number of nitrogens with two attached hydrogens (primary N) is 1. The van der Waals surface area contributed by atoms with Crippen molar-refractivity contribution in [1.29, 1.82) is 0 Å². The second kappa shape index (κ2) is 7.24. The number of anilines is 1. The molecule has 0 radical (unpaired) electrons. The van der Waals surface area contributed by atoms with Gasteiger partial charge in [-0.2, -0.15) is 0 Å². The molecular formula is C15H24N4O. The van der Waals surface area contributed by atoms with Gasteiger partial charge >= 0.3 is 0 Å². The fourth-order valence-electron chi connectivity index (χ4n) is 2.87. The van der Waals surface area contributed by atoms with E-state index >= 15 is 0 Å². The predicted molar refractivity (Wildman–Crippen MR) is 80.3 cm³/mol. The quantitative estimate of drug-likeness (QED) is 0.796. The van der Waals surface area contributed by atoms with Crippen molar-refractivity contribution in [2.75, 3.05) is 18.4 Å². The average molecular weight is 276 g/mol. The van der Waals surface area contributed by atoms with Gasteiger partial charge in [-0.3, -0.25) is 14.7 Å². The van der Waals surface area contributed by atoms with E-state index in [1.54, 1.807) is 0 Å². The summed E-state index contributed by atoms with van der Waals surface area (Å²) in [4.78, 5) is 17.9. The Morgan fingerprint density at radius 3 is 2.90 bits per heavy atom. The van der Waals surface area contributed by atoms with Crippen molar-refractivity contribution < 1.29 is 4.79 Å². The Kier molecular flexibility index (Phi) is 5.35. The smallest absolute Gasteiger partial charge is 0.231 e. The zero-order valence-electron chi connectivity index (χ0n) is 12.1. The molecular weight excluding hydrogens is 252 g/mol. The molecule has 0 bridgehead atoms. The van der Waals surface area contributed by atoms with Crippen molar-refractivity contribution in [3.8, 4) is 0 Å². The molecule has 1 aromatic heterocycles. The van der Waals surface area contributed by atoms with Gasteiger partial charge in [-0.15, -0.1) is 0 Å². The number of amides is 1. The molecule has 1 heterocycles. The SMILES string of the molecule is CCNc1ccnc(CN(CC(N)=O)C2CCCC2)c1. The van der Waals surface area contributed by atoms with Crippen LogP contribution in [-0.4, -0.2) is 34.9 Å². The number of pyridine rings is 1. The van der Waals surface area contributed by atoms with Crippen LogP contribution in [-0.2, 0) is 11.3 Å². The zero-order chi connectivity index (χ0) is 14.4. The van der Waals surface area contributed by atoms with E-state index in [-0.39, 0.29) is 5.91 Å². The second-order valence-corrected chi connectivity index (χ2v) is 5.38. The van der Waals surface area contributed by atoms with Crippen LogP contribution in [0.5, 0.6) is 0 Å². The Bertz CT molecular complexity index is 443. The summed E-state index contributed by atoms with van der Waals surface area (Å²) in [6.45, 7) is 3.96. The third kappa shape index (κ3) is 4.20. The van der Waals surface area contributed by atoms with Gasteiger partial charge in [0.2, 0.25) is 5.91 Å². The van der Waals surface area contributed by atoms with Gasteiger partial charge in [0.25, 0.3) is 0 Å². The van der Waals surface area contributed by atoms with Gasteiger partial charge < -0.3 is 11.1 Å². The summed E-state index contributed by atoms with van der Waals surface area (Å²) in [6.07, 6.45) is 6.60. The average Bonchev–Trinajstić information content (AvgIpc) is 2.92. The Labute approximate surface area is 120 Å². The lowest BCUT2D eigenvalue weighted by molar-refractivity contribution is -0.119. The number of rotatable bonds is 7. The molecule has 110 valence electrons. The van der Waals surface area contributed by atoms with Crippen LogP contribution >= 0.6 is 0 Å². The first kappa shape index (κ1) is 14.8. The van der Waals surface area contributed by atoms with Crippen LogP contribution in [0, 0.1) is 0 Å². The minimum Gasteiger partial charge on any atom is -0.385 e. The summed E-state index contributed by atoms with van der Waals surface area (Å²) >= 11 is 0. The number of carbonyl (C=O) groups is 1. The Morgan fingerprint density at radius 1 is 1.50 bits per heavy atom. The highest BCUT2D eigenvalue weighted by atomic mass is 16.1. The number of hydrogen-bond acceptors (Lipinski definition) is 4. The van der Waals surface area contributed by atoms with Crippen molar-refractivity contribution in [2.45, 2.75) is 45.2 Å². The Balaban J connectivity index is 2.05.